The lowest BCUT2D eigenvalue weighted by Crippen LogP contribution is -2.46. The fraction of sp³-hybridized carbons (Fsp3) is 0.324. The van der Waals surface area contributed by atoms with Crippen molar-refractivity contribution in [1.29, 1.82) is 0 Å². The summed E-state index contributed by atoms with van der Waals surface area (Å²) in [4.78, 5) is 44.6. The second kappa shape index (κ2) is 10.9. The Bertz CT molecular complexity index is 1600. The SMILES string of the molecule is C[C@@H](/C=C/CC(=O)N1Cc2ccccc2C[C@H]1CO)[C@]1(O)C(=O)N(C)c2ccc(N3C(=O)CCc4ccccc43)cc21. The van der Waals surface area contributed by atoms with Crippen LogP contribution in [-0.2, 0) is 39.4 Å². The van der Waals surface area contributed by atoms with Crippen LogP contribution in [0.15, 0.2) is 78.9 Å². The number of para-hydroxylation sites is 1. The maximum atomic E-state index is 13.5. The van der Waals surface area contributed by atoms with E-state index in [2.05, 4.69) is 0 Å². The van der Waals surface area contributed by atoms with Crippen LogP contribution in [-0.4, -0.2) is 52.5 Å². The summed E-state index contributed by atoms with van der Waals surface area (Å²) < 4.78 is 0. The third-order valence-electron chi connectivity index (χ3n) is 8.99. The number of nitrogens with zero attached hydrogens (tertiary/aromatic N) is 3. The van der Waals surface area contributed by atoms with E-state index in [1.165, 1.54) is 4.90 Å². The third-order valence-corrected chi connectivity index (χ3v) is 8.99. The molecule has 6 rings (SSSR count). The van der Waals surface area contributed by atoms with Gasteiger partial charge in [-0.1, -0.05) is 61.5 Å². The lowest BCUT2D eigenvalue weighted by molar-refractivity contribution is -0.139. The molecule has 3 aromatic rings. The van der Waals surface area contributed by atoms with Crippen molar-refractivity contribution >= 4 is 34.8 Å². The van der Waals surface area contributed by atoms with E-state index in [1.807, 2.05) is 54.6 Å². The van der Waals surface area contributed by atoms with Gasteiger partial charge in [0, 0.05) is 43.6 Å². The van der Waals surface area contributed by atoms with Crippen molar-refractivity contribution in [2.45, 2.75) is 50.8 Å². The van der Waals surface area contributed by atoms with Crippen LogP contribution in [0.5, 0.6) is 0 Å². The van der Waals surface area contributed by atoms with E-state index in [4.69, 9.17) is 0 Å². The lowest BCUT2D eigenvalue weighted by atomic mass is 9.82. The predicted molar refractivity (Wildman–Crippen MR) is 160 cm³/mol. The minimum Gasteiger partial charge on any atom is -0.394 e. The molecule has 3 aromatic carbocycles. The van der Waals surface area contributed by atoms with E-state index in [0.29, 0.717) is 42.7 Å². The molecule has 8 heteroatoms. The van der Waals surface area contributed by atoms with E-state index in [0.717, 1.165) is 22.4 Å². The van der Waals surface area contributed by atoms with E-state index >= 15 is 0 Å². The normalized spacial score (nSPS) is 22.3. The number of benzene rings is 3. The van der Waals surface area contributed by atoms with E-state index in [-0.39, 0.29) is 30.9 Å². The number of amides is 3. The van der Waals surface area contributed by atoms with Crippen molar-refractivity contribution in [2.24, 2.45) is 5.92 Å². The first-order valence-corrected chi connectivity index (χ1v) is 14.4. The number of aliphatic hydroxyl groups excluding tert-OH is 1. The minimum atomic E-state index is -1.87. The highest BCUT2D eigenvalue weighted by atomic mass is 16.3. The second-order valence-electron chi connectivity index (χ2n) is 11.4. The standard InChI is InChI=1S/C34H35N3O5/c1-22(8-7-13-31(39)36-20-25-11-4-3-10-24(25)18-27(36)21-38)34(42)28-19-26(15-16-30(28)35(2)33(34)41)37-29-12-6-5-9-23(29)14-17-32(37)40/h3-12,15-16,19,22,27,38,42H,13-14,17-18,20-21H2,1-2H3/b8-7+/t22-,27-,34+/m0/s1. The number of hydrogen-bond acceptors (Lipinski definition) is 5. The molecule has 3 heterocycles. The summed E-state index contributed by atoms with van der Waals surface area (Å²) in [5, 5.41) is 21.9. The largest absolute Gasteiger partial charge is 0.394 e. The fourth-order valence-electron chi connectivity index (χ4n) is 6.56. The Balaban J connectivity index is 1.25. The molecule has 3 atom stereocenters. The molecule has 0 unspecified atom stereocenters. The van der Waals surface area contributed by atoms with E-state index < -0.39 is 17.4 Å². The summed E-state index contributed by atoms with van der Waals surface area (Å²) in [6.45, 7) is 2.07. The lowest BCUT2D eigenvalue weighted by Gasteiger charge is -2.36. The van der Waals surface area contributed by atoms with Crippen LogP contribution in [0.2, 0.25) is 0 Å². The number of aliphatic hydroxyl groups is 2. The average Bonchev–Trinajstić information content (AvgIpc) is 3.21. The van der Waals surface area contributed by atoms with Gasteiger partial charge in [0.2, 0.25) is 11.8 Å². The van der Waals surface area contributed by atoms with Crippen LogP contribution >= 0.6 is 0 Å². The molecule has 42 heavy (non-hydrogen) atoms. The Morgan fingerprint density at radius 3 is 2.48 bits per heavy atom. The van der Waals surface area contributed by atoms with E-state index in [1.54, 1.807) is 48.1 Å². The number of aryl methyl sites for hydroxylation is 1. The monoisotopic (exact) mass is 565 g/mol. The molecule has 0 saturated heterocycles. The van der Waals surface area contributed by atoms with Crippen LogP contribution in [0.3, 0.4) is 0 Å². The molecule has 0 aliphatic carbocycles. The zero-order valence-corrected chi connectivity index (χ0v) is 23.9. The van der Waals surface area contributed by atoms with Crippen molar-refractivity contribution in [2.75, 3.05) is 23.5 Å². The topological polar surface area (TPSA) is 101 Å². The van der Waals surface area contributed by atoms with Crippen LogP contribution < -0.4 is 9.80 Å². The van der Waals surface area contributed by atoms with Gasteiger partial charge in [-0.05, 0) is 53.8 Å². The first kappa shape index (κ1) is 27.9. The summed E-state index contributed by atoms with van der Waals surface area (Å²) >= 11 is 0. The van der Waals surface area contributed by atoms with Crippen molar-refractivity contribution < 1.29 is 24.6 Å². The number of likely N-dealkylation sites (N-methyl/N-ethyl adjacent to an activating group) is 1. The number of fused-ring (bicyclic) bond motifs is 3. The highest BCUT2D eigenvalue weighted by molar-refractivity contribution is 6.09. The van der Waals surface area contributed by atoms with Gasteiger partial charge >= 0.3 is 0 Å². The van der Waals surface area contributed by atoms with Gasteiger partial charge in [-0.2, -0.15) is 0 Å². The number of rotatable bonds is 6. The molecule has 0 radical (unpaired) electrons. The number of carbonyl (C=O) groups is 3. The Morgan fingerprint density at radius 1 is 1.00 bits per heavy atom. The molecule has 0 bridgehead atoms. The van der Waals surface area contributed by atoms with Gasteiger partial charge in [0.25, 0.3) is 5.91 Å². The van der Waals surface area contributed by atoms with Gasteiger partial charge in [0.15, 0.2) is 5.60 Å². The van der Waals surface area contributed by atoms with Crippen LogP contribution in [0.1, 0.15) is 42.0 Å². The zero-order valence-electron chi connectivity index (χ0n) is 23.9. The molecule has 0 saturated carbocycles. The van der Waals surface area contributed by atoms with E-state index in [9.17, 15) is 24.6 Å². The highest BCUT2D eigenvalue weighted by Gasteiger charge is 2.51. The van der Waals surface area contributed by atoms with Crippen molar-refractivity contribution in [3.05, 3.63) is 101 Å². The predicted octanol–water partition coefficient (Wildman–Crippen LogP) is 3.99. The summed E-state index contributed by atoms with van der Waals surface area (Å²) in [5.74, 6) is -1.28. The number of hydrogen-bond donors (Lipinski definition) is 2. The second-order valence-corrected chi connectivity index (χ2v) is 11.4. The molecule has 8 nitrogen and oxygen atoms in total. The molecule has 2 N–H and O–H groups in total. The first-order chi connectivity index (χ1) is 20.2. The summed E-state index contributed by atoms with van der Waals surface area (Å²) in [6.07, 6.45) is 5.13. The van der Waals surface area contributed by atoms with Crippen LogP contribution in [0, 0.1) is 5.92 Å². The van der Waals surface area contributed by atoms with Gasteiger partial charge in [-0.25, -0.2) is 0 Å². The molecule has 3 amide bonds. The molecule has 3 aliphatic heterocycles. The Kier molecular flexibility index (Phi) is 7.20. The quantitative estimate of drug-likeness (QED) is 0.440. The molecular weight excluding hydrogens is 530 g/mol. The smallest absolute Gasteiger partial charge is 0.264 e. The molecule has 216 valence electrons. The van der Waals surface area contributed by atoms with Gasteiger partial charge in [-0.15, -0.1) is 0 Å². The van der Waals surface area contributed by atoms with Crippen molar-refractivity contribution in [1.82, 2.24) is 4.90 Å². The molecule has 3 aliphatic rings. The molecule has 0 aromatic heterocycles. The first-order valence-electron chi connectivity index (χ1n) is 14.4. The maximum Gasteiger partial charge on any atom is 0.264 e. The number of carbonyl (C=O) groups excluding carboxylic acids is 3. The van der Waals surface area contributed by atoms with Crippen molar-refractivity contribution in [3.8, 4) is 0 Å². The van der Waals surface area contributed by atoms with Gasteiger partial charge in [0.05, 0.1) is 24.0 Å². The highest BCUT2D eigenvalue weighted by Crippen LogP contribution is 2.47. The molecule has 0 fully saturated rings. The van der Waals surface area contributed by atoms with Gasteiger partial charge in [0.1, 0.15) is 0 Å². The summed E-state index contributed by atoms with van der Waals surface area (Å²) in [5.41, 5.74) is 3.84. The Hall–Kier alpha value is -4.27. The average molecular weight is 566 g/mol. The van der Waals surface area contributed by atoms with Crippen molar-refractivity contribution in [3.63, 3.8) is 0 Å². The number of anilines is 3. The summed E-state index contributed by atoms with van der Waals surface area (Å²) in [6, 6.07) is 20.7. The van der Waals surface area contributed by atoms with Gasteiger partial charge in [-0.3, -0.25) is 19.3 Å². The minimum absolute atomic E-state index is 0.0390. The Labute approximate surface area is 245 Å². The maximum absolute atomic E-state index is 13.5. The third kappa shape index (κ3) is 4.51. The molecular formula is C34H35N3O5. The fourth-order valence-corrected chi connectivity index (χ4v) is 6.56. The zero-order chi connectivity index (χ0) is 29.6. The molecule has 0 spiro atoms. The Morgan fingerprint density at radius 2 is 1.71 bits per heavy atom. The summed E-state index contributed by atoms with van der Waals surface area (Å²) in [7, 11) is 1.63. The van der Waals surface area contributed by atoms with Gasteiger partial charge < -0.3 is 20.0 Å². The van der Waals surface area contributed by atoms with Crippen LogP contribution in [0.25, 0.3) is 0 Å². The van der Waals surface area contributed by atoms with Crippen LogP contribution in [0.4, 0.5) is 17.1 Å².